The van der Waals surface area contributed by atoms with Crippen LogP contribution in [0.25, 0.3) is 0 Å². The highest BCUT2D eigenvalue weighted by molar-refractivity contribution is 7.89. The van der Waals surface area contributed by atoms with E-state index in [1.165, 1.54) is 16.4 Å². The number of nitrogens with zero attached hydrogens (tertiary/aromatic N) is 2. The van der Waals surface area contributed by atoms with Crippen molar-refractivity contribution in [2.75, 3.05) is 32.1 Å². The number of hydrogen-bond acceptors (Lipinski definition) is 4. The van der Waals surface area contributed by atoms with Crippen LogP contribution in [0, 0.1) is 5.92 Å². The van der Waals surface area contributed by atoms with Crippen LogP contribution in [0.4, 0.5) is 5.69 Å². The highest BCUT2D eigenvalue weighted by atomic mass is 35.5. The van der Waals surface area contributed by atoms with Gasteiger partial charge in [0.1, 0.15) is 4.90 Å². The van der Waals surface area contributed by atoms with Gasteiger partial charge in [0.2, 0.25) is 10.0 Å². The molecule has 2 aromatic carbocycles. The van der Waals surface area contributed by atoms with Crippen LogP contribution in [-0.4, -0.2) is 45.8 Å². The number of hydrogen-bond donors (Lipinski definition) is 1. The van der Waals surface area contributed by atoms with Gasteiger partial charge in [-0.2, -0.15) is 4.31 Å². The molecule has 30 heavy (non-hydrogen) atoms. The largest absolute Gasteiger partial charge is 0.378 e. The van der Waals surface area contributed by atoms with Crippen molar-refractivity contribution in [1.29, 1.82) is 0 Å². The van der Waals surface area contributed by atoms with Crippen molar-refractivity contribution < 1.29 is 13.2 Å². The van der Waals surface area contributed by atoms with E-state index in [1.807, 2.05) is 50.2 Å². The second-order valence-electron chi connectivity index (χ2n) is 8.00. The number of sulfonamides is 1. The van der Waals surface area contributed by atoms with E-state index in [0.717, 1.165) is 24.1 Å². The molecule has 3 rings (SSSR count). The van der Waals surface area contributed by atoms with Gasteiger partial charge in [0.25, 0.3) is 5.91 Å². The van der Waals surface area contributed by atoms with Crippen LogP contribution in [0.3, 0.4) is 0 Å². The zero-order chi connectivity index (χ0) is 21.9. The summed E-state index contributed by atoms with van der Waals surface area (Å²) in [6, 6.07) is 12.3. The minimum atomic E-state index is -3.74. The normalized spacial score (nSPS) is 17.5. The number of benzene rings is 2. The Balaban J connectivity index is 1.74. The summed E-state index contributed by atoms with van der Waals surface area (Å²) in [7, 11) is 0.187. The van der Waals surface area contributed by atoms with Gasteiger partial charge in [-0.25, -0.2) is 8.42 Å². The average molecular weight is 450 g/mol. The molecule has 1 amide bonds. The third-order valence-corrected chi connectivity index (χ3v) is 7.68. The van der Waals surface area contributed by atoms with Crippen molar-refractivity contribution in [3.8, 4) is 0 Å². The predicted molar refractivity (Wildman–Crippen MR) is 121 cm³/mol. The molecule has 0 radical (unpaired) electrons. The van der Waals surface area contributed by atoms with E-state index in [9.17, 15) is 13.2 Å². The molecular formula is C22H28ClN3O3S. The van der Waals surface area contributed by atoms with Crippen LogP contribution < -0.4 is 10.2 Å². The summed E-state index contributed by atoms with van der Waals surface area (Å²) in [4.78, 5) is 14.6. The summed E-state index contributed by atoms with van der Waals surface area (Å²) in [6.07, 6.45) is 1.84. The summed E-state index contributed by atoms with van der Waals surface area (Å²) in [5, 5.41) is 2.97. The number of halogens is 1. The first-order chi connectivity index (χ1) is 14.2. The summed E-state index contributed by atoms with van der Waals surface area (Å²) in [5.41, 5.74) is 2.30. The number of amides is 1. The van der Waals surface area contributed by atoms with Gasteiger partial charge in [0.15, 0.2) is 0 Å². The zero-order valence-electron chi connectivity index (χ0n) is 17.6. The molecule has 1 aliphatic heterocycles. The van der Waals surface area contributed by atoms with Crippen molar-refractivity contribution in [2.45, 2.75) is 31.2 Å². The summed E-state index contributed by atoms with van der Waals surface area (Å²) in [5.74, 6) is -0.0375. The van der Waals surface area contributed by atoms with Crippen molar-refractivity contribution >= 4 is 33.2 Å². The highest BCUT2D eigenvalue weighted by Gasteiger charge is 2.30. The molecule has 0 spiro atoms. The molecule has 1 aliphatic rings. The van der Waals surface area contributed by atoms with E-state index in [0.29, 0.717) is 25.6 Å². The second kappa shape index (κ2) is 9.37. The monoisotopic (exact) mass is 449 g/mol. The molecule has 1 unspecified atom stereocenters. The smallest absolute Gasteiger partial charge is 0.251 e. The fraction of sp³-hybridized carbons (Fsp3) is 0.409. The first kappa shape index (κ1) is 22.6. The van der Waals surface area contributed by atoms with Crippen LogP contribution >= 0.6 is 11.6 Å². The number of rotatable bonds is 6. The summed E-state index contributed by atoms with van der Waals surface area (Å²) < 4.78 is 27.7. The molecule has 0 saturated carbocycles. The predicted octanol–water partition coefficient (Wildman–Crippen LogP) is 3.76. The van der Waals surface area contributed by atoms with E-state index >= 15 is 0 Å². The zero-order valence-corrected chi connectivity index (χ0v) is 19.1. The molecule has 1 saturated heterocycles. The SMILES string of the molecule is CC1CCCN(S(=O)(=O)c2cc(C(=O)NCc3ccc(N(C)C)cc3)ccc2Cl)C1. The van der Waals surface area contributed by atoms with Crippen LogP contribution in [-0.2, 0) is 16.6 Å². The molecule has 6 nitrogen and oxygen atoms in total. The standard InChI is InChI=1S/C22H28ClN3O3S/c1-16-5-4-12-26(15-16)30(28,29)21-13-18(8-11-20(21)23)22(27)24-14-17-6-9-19(10-7-17)25(2)3/h6-11,13,16H,4-5,12,14-15H2,1-3H3,(H,24,27). The van der Waals surface area contributed by atoms with Gasteiger partial charge in [-0.15, -0.1) is 0 Å². The van der Waals surface area contributed by atoms with Crippen molar-refractivity contribution in [3.05, 3.63) is 58.6 Å². The first-order valence-electron chi connectivity index (χ1n) is 10.0. The van der Waals surface area contributed by atoms with E-state index in [2.05, 4.69) is 5.32 Å². The van der Waals surface area contributed by atoms with E-state index in [-0.39, 0.29) is 21.4 Å². The van der Waals surface area contributed by atoms with Gasteiger partial charge in [-0.05, 0) is 54.7 Å². The Morgan fingerprint density at radius 3 is 2.53 bits per heavy atom. The third kappa shape index (κ3) is 5.14. The Hall–Kier alpha value is -2.09. The molecule has 162 valence electrons. The average Bonchev–Trinajstić information content (AvgIpc) is 2.72. The number of piperidine rings is 1. The van der Waals surface area contributed by atoms with Gasteiger partial charge < -0.3 is 10.2 Å². The Morgan fingerprint density at radius 1 is 1.20 bits per heavy atom. The fourth-order valence-electron chi connectivity index (χ4n) is 3.54. The lowest BCUT2D eigenvalue weighted by Crippen LogP contribution is -2.39. The quantitative estimate of drug-likeness (QED) is 0.729. The maximum atomic E-state index is 13.1. The lowest BCUT2D eigenvalue weighted by molar-refractivity contribution is 0.0950. The second-order valence-corrected chi connectivity index (χ2v) is 10.3. The topological polar surface area (TPSA) is 69.7 Å². The Morgan fingerprint density at radius 2 is 1.90 bits per heavy atom. The van der Waals surface area contributed by atoms with Crippen molar-refractivity contribution in [1.82, 2.24) is 9.62 Å². The number of carbonyl (C=O) groups is 1. The van der Waals surface area contributed by atoms with Crippen LogP contribution in [0.15, 0.2) is 47.4 Å². The molecule has 1 N–H and O–H groups in total. The minimum absolute atomic E-state index is 0.0127. The van der Waals surface area contributed by atoms with Crippen molar-refractivity contribution in [2.24, 2.45) is 5.92 Å². The number of nitrogens with one attached hydrogen (secondary N) is 1. The van der Waals surface area contributed by atoms with Crippen LogP contribution in [0.5, 0.6) is 0 Å². The van der Waals surface area contributed by atoms with E-state index in [4.69, 9.17) is 11.6 Å². The van der Waals surface area contributed by atoms with Gasteiger partial charge >= 0.3 is 0 Å². The third-order valence-electron chi connectivity index (χ3n) is 5.34. The molecule has 2 aromatic rings. The maximum Gasteiger partial charge on any atom is 0.251 e. The Kier molecular flexibility index (Phi) is 7.06. The lowest BCUT2D eigenvalue weighted by Gasteiger charge is -2.30. The summed E-state index contributed by atoms with van der Waals surface area (Å²) >= 11 is 6.21. The maximum absolute atomic E-state index is 13.1. The van der Waals surface area contributed by atoms with E-state index in [1.54, 1.807) is 6.07 Å². The molecule has 8 heteroatoms. The van der Waals surface area contributed by atoms with Crippen molar-refractivity contribution in [3.63, 3.8) is 0 Å². The highest BCUT2D eigenvalue weighted by Crippen LogP contribution is 2.29. The fourth-order valence-corrected chi connectivity index (χ4v) is 5.64. The molecule has 1 fully saturated rings. The van der Waals surface area contributed by atoms with Gasteiger partial charge in [-0.1, -0.05) is 30.7 Å². The molecule has 1 heterocycles. The summed E-state index contributed by atoms with van der Waals surface area (Å²) in [6.45, 7) is 3.33. The van der Waals surface area contributed by atoms with E-state index < -0.39 is 10.0 Å². The van der Waals surface area contributed by atoms with Crippen LogP contribution in [0.2, 0.25) is 5.02 Å². The Bertz CT molecular complexity index is 1010. The Labute approximate surface area is 183 Å². The lowest BCUT2D eigenvalue weighted by atomic mass is 10.0. The molecule has 0 aromatic heterocycles. The molecule has 1 atom stereocenters. The van der Waals surface area contributed by atoms with Crippen LogP contribution in [0.1, 0.15) is 35.7 Å². The minimum Gasteiger partial charge on any atom is -0.378 e. The van der Waals surface area contributed by atoms with Gasteiger partial charge in [0.05, 0.1) is 5.02 Å². The first-order valence-corrected chi connectivity index (χ1v) is 11.8. The molecular weight excluding hydrogens is 422 g/mol. The number of anilines is 1. The molecule has 0 aliphatic carbocycles. The number of carbonyl (C=O) groups excluding carboxylic acids is 1. The van der Waals surface area contributed by atoms with Gasteiger partial charge in [0, 0.05) is 45.0 Å². The van der Waals surface area contributed by atoms with Gasteiger partial charge in [-0.3, -0.25) is 4.79 Å². The molecule has 0 bridgehead atoms.